The predicted octanol–water partition coefficient (Wildman–Crippen LogP) is 5.65. The number of aryl methyl sites for hydroxylation is 1. The highest BCUT2D eigenvalue weighted by molar-refractivity contribution is 14.1. The van der Waals surface area contributed by atoms with Crippen LogP contribution in [0.3, 0.4) is 0 Å². The Kier molecular flexibility index (Phi) is 4.17. The average Bonchev–Trinajstić information content (AvgIpc) is 2.23. The van der Waals surface area contributed by atoms with Crippen LogP contribution in [0.1, 0.15) is 5.56 Å². The van der Waals surface area contributed by atoms with Crippen molar-refractivity contribution in [2.45, 2.75) is 6.92 Å². The molecule has 0 bridgehead atoms. The molecule has 1 nitrogen and oxygen atoms in total. The van der Waals surface area contributed by atoms with Crippen LogP contribution >= 0.6 is 45.8 Å². The molecular weight excluding hydrogens is 368 g/mol. The smallest absolute Gasteiger partial charge is 0.0522 e. The highest BCUT2D eigenvalue weighted by Gasteiger charge is 2.04. The lowest BCUT2D eigenvalue weighted by Gasteiger charge is -2.11. The Labute approximate surface area is 124 Å². The van der Waals surface area contributed by atoms with Crippen LogP contribution in [0.5, 0.6) is 0 Å². The van der Waals surface area contributed by atoms with Crippen molar-refractivity contribution in [2.75, 3.05) is 5.32 Å². The lowest BCUT2D eigenvalue weighted by atomic mass is 10.2. The van der Waals surface area contributed by atoms with Gasteiger partial charge in [-0.1, -0.05) is 35.3 Å². The van der Waals surface area contributed by atoms with Gasteiger partial charge in [-0.2, -0.15) is 0 Å². The zero-order chi connectivity index (χ0) is 12.4. The van der Waals surface area contributed by atoms with Crippen molar-refractivity contribution < 1.29 is 0 Å². The molecule has 0 unspecified atom stereocenters. The Balaban J connectivity index is 2.34. The molecule has 0 aliphatic carbocycles. The molecule has 0 saturated heterocycles. The van der Waals surface area contributed by atoms with Crippen molar-refractivity contribution in [1.82, 2.24) is 0 Å². The van der Waals surface area contributed by atoms with E-state index in [-0.39, 0.29) is 0 Å². The van der Waals surface area contributed by atoms with Crippen molar-refractivity contribution >= 4 is 57.2 Å². The van der Waals surface area contributed by atoms with Gasteiger partial charge < -0.3 is 5.32 Å². The molecule has 0 aromatic heterocycles. The molecule has 88 valence electrons. The molecule has 0 fully saturated rings. The third kappa shape index (κ3) is 3.27. The summed E-state index contributed by atoms with van der Waals surface area (Å²) >= 11 is 14.2. The molecule has 2 rings (SSSR count). The van der Waals surface area contributed by atoms with Gasteiger partial charge in [0, 0.05) is 19.3 Å². The Morgan fingerprint density at radius 2 is 1.71 bits per heavy atom. The van der Waals surface area contributed by atoms with Crippen LogP contribution in [-0.2, 0) is 0 Å². The zero-order valence-electron chi connectivity index (χ0n) is 9.10. The molecule has 0 saturated carbocycles. The second-order valence-electron chi connectivity index (χ2n) is 3.72. The number of anilines is 2. The van der Waals surface area contributed by atoms with Crippen LogP contribution < -0.4 is 5.32 Å². The standard InChI is InChI=1S/C13H10Cl2IN/c1-8-3-2-4-12(13(8)16)17-11-6-9(14)5-10(15)7-11/h2-7,17H,1H3. The SMILES string of the molecule is Cc1cccc(Nc2cc(Cl)cc(Cl)c2)c1I. The lowest BCUT2D eigenvalue weighted by Crippen LogP contribution is -1.94. The van der Waals surface area contributed by atoms with Gasteiger partial charge in [0.2, 0.25) is 0 Å². The molecule has 0 heterocycles. The first-order valence-corrected chi connectivity index (χ1v) is 6.88. The molecule has 0 aliphatic heterocycles. The van der Waals surface area contributed by atoms with Gasteiger partial charge in [0.1, 0.15) is 0 Å². The number of benzene rings is 2. The summed E-state index contributed by atoms with van der Waals surface area (Å²) in [6.45, 7) is 2.08. The summed E-state index contributed by atoms with van der Waals surface area (Å²) in [6.07, 6.45) is 0. The molecule has 0 amide bonds. The zero-order valence-corrected chi connectivity index (χ0v) is 12.8. The normalized spacial score (nSPS) is 10.4. The van der Waals surface area contributed by atoms with E-state index in [2.05, 4.69) is 40.9 Å². The fraction of sp³-hybridized carbons (Fsp3) is 0.0769. The van der Waals surface area contributed by atoms with Gasteiger partial charge in [0.15, 0.2) is 0 Å². The summed E-state index contributed by atoms with van der Waals surface area (Å²) in [5, 5.41) is 4.57. The summed E-state index contributed by atoms with van der Waals surface area (Å²) in [7, 11) is 0. The topological polar surface area (TPSA) is 12.0 Å². The minimum atomic E-state index is 0.627. The molecule has 0 radical (unpaired) electrons. The van der Waals surface area contributed by atoms with E-state index in [4.69, 9.17) is 23.2 Å². The van der Waals surface area contributed by atoms with Crippen LogP contribution in [-0.4, -0.2) is 0 Å². The molecule has 0 aliphatic rings. The van der Waals surface area contributed by atoms with Crippen LogP contribution in [0, 0.1) is 10.5 Å². The minimum absolute atomic E-state index is 0.627. The van der Waals surface area contributed by atoms with E-state index >= 15 is 0 Å². The molecular formula is C13H10Cl2IN. The quantitative estimate of drug-likeness (QED) is 0.666. The molecule has 1 N–H and O–H groups in total. The van der Waals surface area contributed by atoms with E-state index in [0.717, 1.165) is 11.4 Å². The molecule has 2 aromatic rings. The maximum Gasteiger partial charge on any atom is 0.0522 e. The highest BCUT2D eigenvalue weighted by atomic mass is 127. The summed E-state index contributed by atoms with van der Waals surface area (Å²) in [5.41, 5.74) is 3.19. The van der Waals surface area contributed by atoms with Gasteiger partial charge >= 0.3 is 0 Å². The molecule has 17 heavy (non-hydrogen) atoms. The summed E-state index contributed by atoms with van der Waals surface area (Å²) in [6, 6.07) is 11.6. The van der Waals surface area contributed by atoms with Crippen LogP contribution in [0.25, 0.3) is 0 Å². The maximum atomic E-state index is 5.96. The predicted molar refractivity (Wildman–Crippen MR) is 83.6 cm³/mol. The van der Waals surface area contributed by atoms with E-state index in [0.29, 0.717) is 10.0 Å². The first-order valence-electron chi connectivity index (χ1n) is 5.04. The average molecular weight is 378 g/mol. The van der Waals surface area contributed by atoms with Crippen molar-refractivity contribution in [1.29, 1.82) is 0 Å². The largest absolute Gasteiger partial charge is 0.355 e. The monoisotopic (exact) mass is 377 g/mol. The summed E-state index contributed by atoms with van der Waals surface area (Å²) in [5.74, 6) is 0. The van der Waals surface area contributed by atoms with E-state index in [9.17, 15) is 0 Å². The number of nitrogens with one attached hydrogen (secondary N) is 1. The van der Waals surface area contributed by atoms with E-state index < -0.39 is 0 Å². The van der Waals surface area contributed by atoms with Crippen LogP contribution in [0.15, 0.2) is 36.4 Å². The molecule has 0 atom stereocenters. The van der Waals surface area contributed by atoms with Crippen LogP contribution in [0.2, 0.25) is 10.0 Å². The second kappa shape index (κ2) is 5.46. The fourth-order valence-electron chi connectivity index (χ4n) is 1.53. The highest BCUT2D eigenvalue weighted by Crippen LogP contribution is 2.28. The Bertz CT molecular complexity index is 535. The number of rotatable bonds is 2. The minimum Gasteiger partial charge on any atom is -0.355 e. The summed E-state index contributed by atoms with van der Waals surface area (Å²) in [4.78, 5) is 0. The Morgan fingerprint density at radius 1 is 1.06 bits per heavy atom. The van der Waals surface area contributed by atoms with E-state index in [1.165, 1.54) is 9.13 Å². The van der Waals surface area contributed by atoms with E-state index in [1.54, 1.807) is 6.07 Å². The number of halogens is 3. The van der Waals surface area contributed by atoms with Gasteiger partial charge in [-0.25, -0.2) is 0 Å². The molecule has 4 heteroatoms. The van der Waals surface area contributed by atoms with Crippen LogP contribution in [0.4, 0.5) is 11.4 Å². The summed E-state index contributed by atoms with van der Waals surface area (Å²) < 4.78 is 1.20. The van der Waals surface area contributed by atoms with Gasteiger partial charge in [0.25, 0.3) is 0 Å². The Hall–Kier alpha value is -0.450. The second-order valence-corrected chi connectivity index (χ2v) is 5.67. The van der Waals surface area contributed by atoms with Gasteiger partial charge in [-0.3, -0.25) is 0 Å². The number of hydrogen-bond acceptors (Lipinski definition) is 1. The van der Waals surface area contributed by atoms with Gasteiger partial charge in [-0.05, 0) is 59.3 Å². The van der Waals surface area contributed by atoms with E-state index in [1.807, 2.05) is 24.3 Å². The first-order chi connectivity index (χ1) is 8.06. The van der Waals surface area contributed by atoms with Gasteiger partial charge in [0.05, 0.1) is 5.69 Å². The third-order valence-corrected chi connectivity index (χ3v) is 4.20. The lowest BCUT2D eigenvalue weighted by molar-refractivity contribution is 1.41. The van der Waals surface area contributed by atoms with Crippen molar-refractivity contribution in [3.05, 3.63) is 55.6 Å². The van der Waals surface area contributed by atoms with Gasteiger partial charge in [-0.15, -0.1) is 0 Å². The number of hydrogen-bond donors (Lipinski definition) is 1. The molecule has 2 aromatic carbocycles. The third-order valence-electron chi connectivity index (χ3n) is 2.33. The first kappa shape index (κ1) is 13.0. The van der Waals surface area contributed by atoms with Crippen molar-refractivity contribution in [3.8, 4) is 0 Å². The van der Waals surface area contributed by atoms with Crippen molar-refractivity contribution in [3.63, 3.8) is 0 Å². The Morgan fingerprint density at radius 3 is 2.35 bits per heavy atom. The molecule has 0 spiro atoms. The fourth-order valence-corrected chi connectivity index (χ4v) is 2.55. The maximum absolute atomic E-state index is 5.96. The van der Waals surface area contributed by atoms with Crippen molar-refractivity contribution in [2.24, 2.45) is 0 Å².